The first-order valence-electron chi connectivity index (χ1n) is 10.4. The second-order valence-corrected chi connectivity index (χ2v) is 9.94. The molecule has 5 rings (SSSR count). The van der Waals surface area contributed by atoms with Gasteiger partial charge in [0, 0.05) is 0 Å². The van der Waals surface area contributed by atoms with Gasteiger partial charge in [-0.2, -0.15) is 8.42 Å². The van der Waals surface area contributed by atoms with Crippen LogP contribution in [0.25, 0.3) is 10.2 Å². The predicted molar refractivity (Wildman–Crippen MR) is 132 cm³/mol. The van der Waals surface area contributed by atoms with E-state index in [0.29, 0.717) is 22.6 Å². The zero-order valence-corrected chi connectivity index (χ0v) is 19.6. The van der Waals surface area contributed by atoms with Crippen molar-refractivity contribution in [3.8, 4) is 11.5 Å². The van der Waals surface area contributed by atoms with Crippen molar-refractivity contribution in [2.24, 2.45) is 4.40 Å². The molecule has 0 saturated carbocycles. The first-order chi connectivity index (χ1) is 16.4. The number of anilines is 1. The smallest absolute Gasteiger partial charge is 0.286 e. The van der Waals surface area contributed by atoms with Gasteiger partial charge in [-0.1, -0.05) is 24.3 Å². The number of nitrogens with one attached hydrogen (secondary N) is 2. The van der Waals surface area contributed by atoms with Crippen LogP contribution in [0.5, 0.6) is 11.5 Å². The fourth-order valence-electron chi connectivity index (χ4n) is 3.77. The molecule has 0 unspecified atom stereocenters. The molecule has 0 amide bonds. The Labute approximate surface area is 199 Å². The van der Waals surface area contributed by atoms with E-state index in [1.807, 2.05) is 31.2 Å². The number of thiophene rings is 1. The Hall–Kier alpha value is -3.83. The number of amidine groups is 1. The van der Waals surface area contributed by atoms with Crippen LogP contribution in [0, 0.1) is 0 Å². The molecule has 3 N–H and O–H groups in total. The Morgan fingerprint density at radius 2 is 2.00 bits per heavy atom. The number of benzene rings is 2. The Kier molecular flexibility index (Phi) is 5.50. The largest absolute Gasteiger partial charge is 0.505 e. The fourth-order valence-corrected chi connectivity index (χ4v) is 5.72. The zero-order chi connectivity index (χ0) is 23.9. The van der Waals surface area contributed by atoms with E-state index in [2.05, 4.69) is 15.1 Å². The van der Waals surface area contributed by atoms with Crippen LogP contribution in [0.2, 0.25) is 0 Å². The minimum absolute atomic E-state index is 0.00284. The number of aromatic hydroxyl groups is 1. The van der Waals surface area contributed by atoms with Crippen LogP contribution >= 0.6 is 11.3 Å². The first kappa shape index (κ1) is 22.0. The number of pyridine rings is 1. The molecule has 3 heterocycles. The number of nitrogens with zero attached hydrogens (tertiary/aromatic N) is 2. The maximum absolute atomic E-state index is 13.5. The summed E-state index contributed by atoms with van der Waals surface area (Å²) in [5.41, 5.74) is 3.85. The highest BCUT2D eigenvalue weighted by atomic mass is 32.2. The van der Waals surface area contributed by atoms with E-state index in [-0.39, 0.29) is 34.3 Å². The second kappa shape index (κ2) is 8.50. The molecule has 174 valence electrons. The summed E-state index contributed by atoms with van der Waals surface area (Å²) in [6.45, 7) is 2.72. The molecule has 0 spiro atoms. The summed E-state index contributed by atoms with van der Waals surface area (Å²) in [6.07, 6.45) is 0. The van der Waals surface area contributed by atoms with Gasteiger partial charge in [0.25, 0.3) is 15.6 Å². The predicted octanol–water partition coefficient (Wildman–Crippen LogP) is 3.47. The molecule has 0 atom stereocenters. The van der Waals surface area contributed by atoms with Gasteiger partial charge in [-0.3, -0.25) is 4.79 Å². The van der Waals surface area contributed by atoms with Crippen molar-refractivity contribution < 1.29 is 18.3 Å². The van der Waals surface area contributed by atoms with Gasteiger partial charge in [0.05, 0.1) is 29.1 Å². The lowest BCUT2D eigenvalue weighted by molar-refractivity contribution is 0.340. The maximum atomic E-state index is 13.5. The third-order valence-corrected chi connectivity index (χ3v) is 7.52. The molecule has 0 radical (unpaired) electrons. The lowest BCUT2D eigenvalue weighted by Gasteiger charge is -2.20. The lowest BCUT2D eigenvalue weighted by Crippen LogP contribution is -2.36. The molecule has 11 heteroatoms. The maximum Gasteiger partial charge on any atom is 0.286 e. The van der Waals surface area contributed by atoms with Crippen molar-refractivity contribution >= 4 is 43.1 Å². The Balaban J connectivity index is 1.60. The van der Waals surface area contributed by atoms with Crippen LogP contribution in [0.1, 0.15) is 18.1 Å². The number of sulfonamides is 1. The van der Waals surface area contributed by atoms with Gasteiger partial charge in [0.2, 0.25) is 0 Å². The molecule has 1 aliphatic heterocycles. The van der Waals surface area contributed by atoms with E-state index >= 15 is 0 Å². The first-order valence-corrected chi connectivity index (χ1v) is 12.7. The van der Waals surface area contributed by atoms with Crippen molar-refractivity contribution in [1.29, 1.82) is 0 Å². The van der Waals surface area contributed by atoms with Crippen LogP contribution in [0.3, 0.4) is 0 Å². The topological polar surface area (TPSA) is 122 Å². The van der Waals surface area contributed by atoms with Crippen molar-refractivity contribution in [2.75, 3.05) is 17.3 Å². The van der Waals surface area contributed by atoms with Crippen molar-refractivity contribution in [3.05, 3.63) is 81.5 Å². The molecule has 34 heavy (non-hydrogen) atoms. The third kappa shape index (κ3) is 3.78. The highest BCUT2D eigenvalue weighted by Gasteiger charge is 2.30. The SMILES string of the molecule is CCOc1cccc(CNn2c(=O)c(C3=NS(=O)(=O)c4ccccc4N3)c(O)c3sccc32)c1. The fraction of sp³-hybridized carbons (Fsp3) is 0.130. The lowest BCUT2D eigenvalue weighted by atomic mass is 10.2. The second-order valence-electron chi connectivity index (χ2n) is 7.45. The summed E-state index contributed by atoms with van der Waals surface area (Å²) in [5.74, 6) is 0.156. The zero-order valence-electron chi connectivity index (χ0n) is 18.0. The van der Waals surface area contributed by atoms with Crippen molar-refractivity contribution in [1.82, 2.24) is 4.68 Å². The van der Waals surface area contributed by atoms with Gasteiger partial charge in [0.1, 0.15) is 16.2 Å². The van der Waals surface area contributed by atoms with Crippen LogP contribution in [0.15, 0.2) is 74.1 Å². The number of fused-ring (bicyclic) bond motifs is 2. The Bertz CT molecular complexity index is 1610. The number of hydrogen-bond donors (Lipinski definition) is 3. The van der Waals surface area contributed by atoms with Gasteiger partial charge >= 0.3 is 0 Å². The Morgan fingerprint density at radius 1 is 1.18 bits per heavy atom. The van der Waals surface area contributed by atoms with E-state index in [1.165, 1.54) is 22.1 Å². The minimum Gasteiger partial charge on any atom is -0.505 e. The standard InChI is InChI=1S/C23H20N4O5S2/c1-2-32-15-7-5-6-14(12-15)13-24-27-17-10-11-33-21(17)20(28)19(23(27)29)22-25-16-8-3-4-9-18(16)34(30,31)26-22/h3-12,24,28H,2,13H2,1H3,(H,25,26). The van der Waals surface area contributed by atoms with Crippen LogP contribution in [0.4, 0.5) is 5.69 Å². The van der Waals surface area contributed by atoms with Crippen LogP contribution in [-0.4, -0.2) is 30.6 Å². The van der Waals surface area contributed by atoms with E-state index < -0.39 is 15.6 Å². The molecular weight excluding hydrogens is 476 g/mol. The van der Waals surface area contributed by atoms with Gasteiger partial charge < -0.3 is 20.6 Å². The normalized spacial score (nSPS) is 14.2. The minimum atomic E-state index is -4.06. The number of aromatic nitrogens is 1. The Morgan fingerprint density at radius 3 is 2.82 bits per heavy atom. The summed E-state index contributed by atoms with van der Waals surface area (Å²) in [7, 11) is -4.06. The van der Waals surface area contributed by atoms with Gasteiger partial charge in [0.15, 0.2) is 11.6 Å². The molecule has 0 fully saturated rings. The number of para-hydroxylation sites is 1. The van der Waals surface area contributed by atoms with Gasteiger partial charge in [-0.25, -0.2) is 4.68 Å². The van der Waals surface area contributed by atoms with E-state index in [1.54, 1.807) is 29.6 Å². The number of hydrogen-bond acceptors (Lipinski definition) is 8. The summed E-state index contributed by atoms with van der Waals surface area (Å²) >= 11 is 1.23. The molecule has 1 aliphatic rings. The highest BCUT2D eigenvalue weighted by molar-refractivity contribution is 7.90. The van der Waals surface area contributed by atoms with Crippen molar-refractivity contribution in [3.63, 3.8) is 0 Å². The van der Waals surface area contributed by atoms with E-state index in [0.717, 1.165) is 5.56 Å². The van der Waals surface area contributed by atoms with E-state index in [4.69, 9.17) is 4.74 Å². The summed E-state index contributed by atoms with van der Waals surface area (Å²) in [6, 6.07) is 15.4. The molecule has 2 aromatic heterocycles. The highest BCUT2D eigenvalue weighted by Crippen LogP contribution is 2.34. The quantitative estimate of drug-likeness (QED) is 0.374. The van der Waals surface area contributed by atoms with Crippen molar-refractivity contribution in [2.45, 2.75) is 18.4 Å². The molecule has 0 saturated heterocycles. The third-order valence-electron chi connectivity index (χ3n) is 5.27. The number of ether oxygens (including phenoxy) is 1. The summed E-state index contributed by atoms with van der Waals surface area (Å²) in [5, 5.41) is 15.6. The molecule has 2 aromatic carbocycles. The molecular formula is C23H20N4O5S2. The van der Waals surface area contributed by atoms with E-state index in [9.17, 15) is 18.3 Å². The summed E-state index contributed by atoms with van der Waals surface area (Å²) < 4.78 is 36.5. The average molecular weight is 497 g/mol. The van der Waals surface area contributed by atoms with Crippen LogP contribution in [-0.2, 0) is 16.6 Å². The monoisotopic (exact) mass is 496 g/mol. The molecule has 0 aliphatic carbocycles. The molecule has 4 aromatic rings. The van der Waals surface area contributed by atoms with Gasteiger partial charge in [-0.15, -0.1) is 15.7 Å². The number of rotatable bonds is 6. The summed E-state index contributed by atoms with van der Waals surface area (Å²) in [4.78, 5) is 13.5. The van der Waals surface area contributed by atoms with Gasteiger partial charge in [-0.05, 0) is 48.2 Å². The average Bonchev–Trinajstić information content (AvgIpc) is 3.29. The van der Waals surface area contributed by atoms with Crippen LogP contribution < -0.4 is 21.0 Å². The molecule has 9 nitrogen and oxygen atoms in total. The molecule has 0 bridgehead atoms.